The van der Waals surface area contributed by atoms with Gasteiger partial charge in [-0.15, -0.1) is 0 Å². The maximum Gasteiger partial charge on any atom is 0.181 e. The number of Topliss-reactive ketones (excluding diaryl/α,β-unsaturated/α-hetero) is 1. The number of carbonyl (C=O) groups excluding carboxylic acids is 1. The van der Waals surface area contributed by atoms with E-state index in [0.717, 1.165) is 22.6 Å². The predicted molar refractivity (Wildman–Crippen MR) is 140 cm³/mol. The van der Waals surface area contributed by atoms with Crippen molar-refractivity contribution < 1.29 is 14.3 Å². The standard InChI is InChI=1S/C17H18O3.C6H10.2C3H8/c1-12-6-4-5-7-16(12)20-17(13(2)18)14-8-10-15(19-3)11-9-14;1-3-5-6-4-2;2*1-3-2/h4-11,17H,1-3H3;3-6H,1-2H3;2*3H2,1-2H3/b;5-3-,6-4-;;. The number of ketones is 1. The van der Waals surface area contributed by atoms with Crippen LogP contribution < -0.4 is 9.47 Å². The maximum absolute atomic E-state index is 11.9. The van der Waals surface area contributed by atoms with E-state index < -0.39 is 6.10 Å². The topological polar surface area (TPSA) is 35.5 Å². The number of benzene rings is 2. The average molecular weight is 441 g/mol. The third kappa shape index (κ3) is 15.1. The predicted octanol–water partition coefficient (Wildman–Crippen LogP) is 8.68. The molecule has 0 saturated heterocycles. The van der Waals surface area contributed by atoms with Crippen LogP contribution in [0.25, 0.3) is 0 Å². The number of carbonyl (C=O) groups is 1. The summed E-state index contributed by atoms with van der Waals surface area (Å²) in [5.41, 5.74) is 1.83. The van der Waals surface area contributed by atoms with E-state index in [-0.39, 0.29) is 5.78 Å². The summed E-state index contributed by atoms with van der Waals surface area (Å²) in [6, 6.07) is 15.0. The number of hydrogen-bond acceptors (Lipinski definition) is 3. The first-order valence-corrected chi connectivity index (χ1v) is 11.5. The molecule has 0 radical (unpaired) electrons. The molecule has 3 nitrogen and oxygen atoms in total. The molecule has 0 aliphatic rings. The summed E-state index contributed by atoms with van der Waals surface area (Å²) >= 11 is 0. The van der Waals surface area contributed by atoms with Crippen LogP contribution in [-0.4, -0.2) is 12.9 Å². The van der Waals surface area contributed by atoms with Gasteiger partial charge in [-0.2, -0.15) is 0 Å². The number of rotatable bonds is 6. The molecule has 2 rings (SSSR count). The van der Waals surface area contributed by atoms with E-state index >= 15 is 0 Å². The average Bonchev–Trinajstić information content (AvgIpc) is 2.78. The van der Waals surface area contributed by atoms with Gasteiger partial charge in [0.25, 0.3) is 0 Å². The van der Waals surface area contributed by atoms with E-state index in [1.165, 1.54) is 19.8 Å². The van der Waals surface area contributed by atoms with E-state index in [1.807, 2.05) is 93.6 Å². The second-order valence-corrected chi connectivity index (χ2v) is 7.11. The number of methoxy groups -OCH3 is 1. The Balaban J connectivity index is 0. The molecule has 2 aromatic carbocycles. The zero-order chi connectivity index (χ0) is 24.8. The van der Waals surface area contributed by atoms with Crippen molar-refractivity contribution in [3.63, 3.8) is 0 Å². The van der Waals surface area contributed by atoms with Crippen molar-refractivity contribution in [1.29, 1.82) is 0 Å². The molecule has 0 amide bonds. The molecule has 0 fully saturated rings. The first-order chi connectivity index (χ1) is 15.4. The number of ether oxygens (including phenoxy) is 2. The van der Waals surface area contributed by atoms with Crippen LogP contribution in [0.15, 0.2) is 72.8 Å². The van der Waals surface area contributed by atoms with E-state index in [0.29, 0.717) is 0 Å². The normalized spacial score (nSPS) is 10.7. The third-order valence-corrected chi connectivity index (χ3v) is 3.62. The number of allylic oxidation sites excluding steroid dienone is 4. The first-order valence-electron chi connectivity index (χ1n) is 11.5. The lowest BCUT2D eigenvalue weighted by molar-refractivity contribution is -0.123. The van der Waals surface area contributed by atoms with Crippen molar-refractivity contribution in [1.82, 2.24) is 0 Å². The van der Waals surface area contributed by atoms with E-state index in [4.69, 9.17) is 9.47 Å². The maximum atomic E-state index is 11.9. The molecule has 32 heavy (non-hydrogen) atoms. The molecule has 1 unspecified atom stereocenters. The van der Waals surface area contributed by atoms with Crippen LogP contribution in [0, 0.1) is 6.92 Å². The van der Waals surface area contributed by atoms with Gasteiger partial charge in [-0.05, 0) is 51.5 Å². The summed E-state index contributed by atoms with van der Waals surface area (Å²) in [5, 5.41) is 0. The number of hydrogen-bond donors (Lipinski definition) is 0. The molecule has 1 atom stereocenters. The quantitative estimate of drug-likeness (QED) is 0.421. The van der Waals surface area contributed by atoms with Gasteiger partial charge < -0.3 is 9.47 Å². The van der Waals surface area contributed by atoms with Crippen LogP contribution >= 0.6 is 0 Å². The van der Waals surface area contributed by atoms with Gasteiger partial charge in [-0.3, -0.25) is 4.79 Å². The molecule has 0 saturated carbocycles. The Morgan fingerprint density at radius 3 is 1.72 bits per heavy atom. The van der Waals surface area contributed by atoms with Crippen molar-refractivity contribution in [3.05, 3.63) is 84.0 Å². The summed E-state index contributed by atoms with van der Waals surface area (Å²) in [5.74, 6) is 1.45. The fourth-order valence-corrected chi connectivity index (χ4v) is 2.20. The highest BCUT2D eigenvalue weighted by atomic mass is 16.5. The van der Waals surface area contributed by atoms with Crippen LogP contribution in [-0.2, 0) is 4.79 Å². The van der Waals surface area contributed by atoms with Crippen LogP contribution in [0.2, 0.25) is 0 Å². The van der Waals surface area contributed by atoms with Crippen LogP contribution in [0.1, 0.15) is 78.5 Å². The summed E-state index contributed by atoms with van der Waals surface area (Å²) < 4.78 is 11.0. The fourth-order valence-electron chi connectivity index (χ4n) is 2.20. The molecular formula is C29H44O3. The SMILES string of the molecule is C/C=C\C=C/C.CCC.CCC.COc1ccc(C(Oc2ccccc2C)C(C)=O)cc1. The highest BCUT2D eigenvalue weighted by Crippen LogP contribution is 2.26. The minimum absolute atomic E-state index is 0.0292. The molecule has 0 aliphatic heterocycles. The molecule has 0 spiro atoms. The minimum Gasteiger partial charge on any atom is -0.497 e. The molecular weight excluding hydrogens is 396 g/mol. The Labute approximate surface area is 197 Å². The van der Waals surface area contributed by atoms with Crippen molar-refractivity contribution >= 4 is 5.78 Å². The van der Waals surface area contributed by atoms with Gasteiger partial charge in [-0.1, -0.05) is 95.2 Å². The Morgan fingerprint density at radius 2 is 1.34 bits per heavy atom. The zero-order valence-corrected chi connectivity index (χ0v) is 21.6. The Bertz CT molecular complexity index is 746. The molecule has 0 N–H and O–H groups in total. The second kappa shape index (κ2) is 21.4. The van der Waals surface area contributed by atoms with Crippen LogP contribution in [0.3, 0.4) is 0 Å². The highest BCUT2D eigenvalue weighted by Gasteiger charge is 2.19. The van der Waals surface area contributed by atoms with E-state index in [9.17, 15) is 4.79 Å². The van der Waals surface area contributed by atoms with E-state index in [2.05, 4.69) is 27.7 Å². The summed E-state index contributed by atoms with van der Waals surface area (Å²) in [6.45, 7) is 16.0. The number of aryl methyl sites for hydroxylation is 1. The van der Waals surface area contributed by atoms with Gasteiger partial charge in [0.1, 0.15) is 11.5 Å². The molecule has 0 aliphatic carbocycles. The lowest BCUT2D eigenvalue weighted by atomic mass is 10.1. The zero-order valence-electron chi connectivity index (χ0n) is 21.6. The summed E-state index contributed by atoms with van der Waals surface area (Å²) in [6.07, 6.45) is 9.90. The lowest BCUT2D eigenvalue weighted by Crippen LogP contribution is -2.16. The second-order valence-electron chi connectivity index (χ2n) is 7.11. The van der Waals surface area contributed by atoms with Gasteiger partial charge in [0.05, 0.1) is 7.11 Å². The Hall–Kier alpha value is -2.81. The molecule has 178 valence electrons. The van der Waals surface area contributed by atoms with Crippen molar-refractivity contribution in [3.8, 4) is 11.5 Å². The summed E-state index contributed by atoms with van der Waals surface area (Å²) in [7, 11) is 1.61. The lowest BCUT2D eigenvalue weighted by Gasteiger charge is -2.18. The minimum atomic E-state index is -0.595. The molecule has 0 bridgehead atoms. The molecule has 3 heteroatoms. The highest BCUT2D eigenvalue weighted by molar-refractivity contribution is 5.82. The molecule has 0 aromatic heterocycles. The fraction of sp³-hybridized carbons (Fsp3) is 0.414. The van der Waals surface area contributed by atoms with Crippen molar-refractivity contribution in [2.45, 2.75) is 74.3 Å². The van der Waals surface area contributed by atoms with Gasteiger partial charge in [-0.25, -0.2) is 0 Å². The van der Waals surface area contributed by atoms with Crippen LogP contribution in [0.4, 0.5) is 0 Å². The Kier molecular flexibility index (Phi) is 21.0. The molecule has 0 heterocycles. The van der Waals surface area contributed by atoms with Gasteiger partial charge in [0, 0.05) is 5.56 Å². The summed E-state index contributed by atoms with van der Waals surface area (Å²) in [4.78, 5) is 11.9. The van der Waals surface area contributed by atoms with E-state index in [1.54, 1.807) is 7.11 Å². The van der Waals surface area contributed by atoms with Crippen molar-refractivity contribution in [2.24, 2.45) is 0 Å². The van der Waals surface area contributed by atoms with Crippen LogP contribution in [0.5, 0.6) is 11.5 Å². The van der Waals surface area contributed by atoms with Gasteiger partial charge in [0.2, 0.25) is 0 Å². The largest absolute Gasteiger partial charge is 0.497 e. The first kappa shape index (κ1) is 31.4. The molecule has 2 aromatic rings. The smallest absolute Gasteiger partial charge is 0.181 e. The van der Waals surface area contributed by atoms with Crippen molar-refractivity contribution in [2.75, 3.05) is 7.11 Å². The number of para-hydroxylation sites is 1. The van der Waals surface area contributed by atoms with Gasteiger partial charge in [0.15, 0.2) is 11.9 Å². The Morgan fingerprint density at radius 1 is 0.875 bits per heavy atom. The third-order valence-electron chi connectivity index (χ3n) is 3.62. The van der Waals surface area contributed by atoms with Gasteiger partial charge >= 0.3 is 0 Å². The monoisotopic (exact) mass is 440 g/mol.